The zero-order valence-corrected chi connectivity index (χ0v) is 37.7. The van der Waals surface area contributed by atoms with Crippen LogP contribution in [0.5, 0.6) is 0 Å². The minimum Gasteiger partial charge on any atom is -1.00 e. The van der Waals surface area contributed by atoms with Crippen LogP contribution in [0.15, 0.2) is 12.4 Å². The summed E-state index contributed by atoms with van der Waals surface area (Å²) in [6.07, 6.45) is 44.7. The summed E-state index contributed by atoms with van der Waals surface area (Å²) < 4.78 is 11.0. The summed E-state index contributed by atoms with van der Waals surface area (Å²) >= 11 is 0. The number of esters is 2. The van der Waals surface area contributed by atoms with E-state index in [2.05, 4.69) is 29.1 Å². The first-order valence-electron chi connectivity index (χ1n) is 23.8. The Morgan fingerprint density at radius 1 is 0.596 bits per heavy atom. The number of imidazole rings is 1. The number of nitrogens with one attached hydrogen (secondary N) is 2. The molecule has 0 aliphatic rings. The Balaban J connectivity index is 0.0000314. The minimum atomic E-state index is -0.964. The molecule has 0 saturated carbocycles. The van der Waals surface area contributed by atoms with Gasteiger partial charge >= 0.3 is 11.9 Å². The molecule has 10 heteroatoms. The van der Waals surface area contributed by atoms with Gasteiger partial charge in [0, 0.05) is 25.2 Å². The molecule has 0 fully saturated rings. The average molecular weight is 825 g/mol. The number of H-pyrrole nitrogens is 1. The monoisotopic (exact) mass is 824 g/mol. The number of aromatic amines is 1. The number of nitrogens with zero attached hydrogens (tertiary/aromatic N) is 1. The number of nitrogens with two attached hydrogens (primary N) is 1. The summed E-state index contributed by atoms with van der Waals surface area (Å²) in [4.78, 5) is 45.6. The van der Waals surface area contributed by atoms with Crippen LogP contribution in [0.3, 0.4) is 0 Å². The number of carbonyl (C=O) groups excluding carboxylic acids is 3. The highest BCUT2D eigenvalue weighted by Crippen LogP contribution is 2.16. The van der Waals surface area contributed by atoms with Gasteiger partial charge in [-0.25, -0.2) is 9.78 Å². The quantitative estimate of drug-likeness (QED) is 0.0442. The smallest absolute Gasteiger partial charge is 0.328 e. The molecule has 1 aromatic heterocycles. The lowest BCUT2D eigenvalue weighted by atomic mass is 10.0. The van der Waals surface area contributed by atoms with E-state index < -0.39 is 24.0 Å². The molecular formula is C47H88ClN4O5-. The van der Waals surface area contributed by atoms with Crippen LogP contribution < -0.4 is 23.5 Å². The lowest BCUT2D eigenvalue weighted by molar-refractivity contribution is -0.149. The molecule has 0 radical (unpaired) electrons. The number of unbranched alkanes of at least 4 members (excludes halogenated alkanes) is 30. The Hall–Kier alpha value is -2.13. The average Bonchev–Trinajstić information content (AvgIpc) is 3.71. The molecule has 1 heterocycles. The van der Waals surface area contributed by atoms with E-state index in [0.717, 1.165) is 38.5 Å². The predicted molar refractivity (Wildman–Crippen MR) is 232 cm³/mol. The zero-order chi connectivity index (χ0) is 40.6. The van der Waals surface area contributed by atoms with Gasteiger partial charge in [-0.05, 0) is 19.3 Å². The fraction of sp³-hybridized carbons (Fsp3) is 0.872. The summed E-state index contributed by atoms with van der Waals surface area (Å²) in [5.41, 5.74) is 6.12. The molecule has 1 aromatic rings. The van der Waals surface area contributed by atoms with E-state index in [1.165, 1.54) is 167 Å². The molecule has 0 bridgehead atoms. The van der Waals surface area contributed by atoms with Crippen LogP contribution in [0.1, 0.15) is 238 Å². The van der Waals surface area contributed by atoms with Crippen LogP contribution in [0, 0.1) is 0 Å². The van der Waals surface area contributed by atoms with Crippen LogP contribution >= 0.6 is 0 Å². The largest absolute Gasteiger partial charge is 1.00 e. The summed E-state index contributed by atoms with van der Waals surface area (Å²) in [5.74, 6) is -0.786. The first-order chi connectivity index (χ1) is 27.5. The number of hydrogen-bond acceptors (Lipinski definition) is 7. The fourth-order valence-corrected chi connectivity index (χ4v) is 7.33. The molecule has 1 rings (SSSR count). The Bertz CT molecular complexity index is 1030. The van der Waals surface area contributed by atoms with Crippen LogP contribution in [0.4, 0.5) is 0 Å². The third-order valence-electron chi connectivity index (χ3n) is 11.0. The van der Waals surface area contributed by atoms with Crippen molar-refractivity contribution in [2.24, 2.45) is 5.73 Å². The normalized spacial score (nSPS) is 12.2. The number of hydrogen-bond donors (Lipinski definition) is 3. The van der Waals surface area contributed by atoms with Crippen molar-refractivity contribution in [2.75, 3.05) is 13.2 Å². The first kappa shape index (κ1) is 54.9. The Kier molecular flexibility index (Phi) is 40.4. The molecule has 0 saturated heterocycles. The van der Waals surface area contributed by atoms with E-state index in [9.17, 15) is 14.4 Å². The van der Waals surface area contributed by atoms with Crippen molar-refractivity contribution in [3.63, 3.8) is 0 Å². The van der Waals surface area contributed by atoms with Gasteiger partial charge < -0.3 is 37.9 Å². The van der Waals surface area contributed by atoms with Gasteiger partial charge in [0.25, 0.3) is 0 Å². The van der Waals surface area contributed by atoms with Gasteiger partial charge in [-0.2, -0.15) is 0 Å². The van der Waals surface area contributed by atoms with Gasteiger partial charge in [0.05, 0.1) is 19.3 Å². The Morgan fingerprint density at radius 2 is 0.965 bits per heavy atom. The molecule has 9 nitrogen and oxygen atoms in total. The molecule has 0 aliphatic heterocycles. The zero-order valence-electron chi connectivity index (χ0n) is 36.9. The number of aromatic nitrogens is 2. The molecule has 0 aliphatic carbocycles. The third kappa shape index (κ3) is 35.5. The molecule has 334 valence electrons. The van der Waals surface area contributed by atoms with E-state index in [0.29, 0.717) is 19.0 Å². The van der Waals surface area contributed by atoms with Gasteiger partial charge in [-0.1, -0.05) is 206 Å². The lowest BCUT2D eigenvalue weighted by Crippen LogP contribution is -3.00. The van der Waals surface area contributed by atoms with E-state index in [1.54, 1.807) is 12.4 Å². The Labute approximate surface area is 356 Å². The fourth-order valence-electron chi connectivity index (χ4n) is 7.33. The maximum atomic E-state index is 13.1. The second-order valence-electron chi connectivity index (χ2n) is 16.4. The number of rotatable bonds is 42. The van der Waals surface area contributed by atoms with Crippen molar-refractivity contribution >= 4 is 17.8 Å². The second kappa shape index (κ2) is 42.0. The molecule has 1 amide bonds. The van der Waals surface area contributed by atoms with Crippen molar-refractivity contribution in [3.8, 4) is 0 Å². The minimum absolute atomic E-state index is 0. The molecule has 0 spiro atoms. The highest BCUT2D eigenvalue weighted by atomic mass is 35.5. The number of halogens is 1. The van der Waals surface area contributed by atoms with Crippen LogP contribution in [-0.4, -0.2) is 53.1 Å². The van der Waals surface area contributed by atoms with Gasteiger partial charge in [-0.15, -0.1) is 0 Å². The molecule has 0 unspecified atom stereocenters. The number of ether oxygens (including phenoxy) is 2. The lowest BCUT2D eigenvalue weighted by Gasteiger charge is -2.19. The highest BCUT2D eigenvalue weighted by Gasteiger charge is 2.26. The van der Waals surface area contributed by atoms with Crippen molar-refractivity contribution in [1.29, 1.82) is 0 Å². The van der Waals surface area contributed by atoms with Gasteiger partial charge in [0.1, 0.15) is 11.9 Å². The maximum Gasteiger partial charge on any atom is 0.328 e. The van der Waals surface area contributed by atoms with Gasteiger partial charge in [0.15, 0.2) is 0 Å². The van der Waals surface area contributed by atoms with Crippen LogP contribution in [0.2, 0.25) is 0 Å². The summed E-state index contributed by atoms with van der Waals surface area (Å²) in [6, 6.07) is -1.85. The van der Waals surface area contributed by atoms with Gasteiger partial charge in [-0.3, -0.25) is 9.59 Å². The predicted octanol–water partition coefficient (Wildman–Crippen LogP) is 9.16. The van der Waals surface area contributed by atoms with Crippen molar-refractivity contribution < 1.29 is 36.3 Å². The first-order valence-corrected chi connectivity index (χ1v) is 23.8. The third-order valence-corrected chi connectivity index (χ3v) is 11.0. The molecular weight excluding hydrogens is 736 g/mol. The van der Waals surface area contributed by atoms with E-state index in [1.807, 2.05) is 0 Å². The van der Waals surface area contributed by atoms with E-state index >= 15 is 0 Å². The molecule has 0 aromatic carbocycles. The standard InChI is InChI=1S/C47H88N4O5.ClH/c1-3-5-7-9-11-13-15-17-19-21-23-25-27-29-31-33-39-55-45(52)36-35-43(51-46(53)42(48)41-44-49-37-38-50-44)47(54)56-40-34-32-30-28-26-24-22-20-18-16-14-12-10-8-6-4-2;/h37-38,42-43H,3-36,39-41,48H2,1-2H3,(H,49,50)(H,51,53);1H/p-1/t42-,43+;/m0./s1. The topological polar surface area (TPSA) is 136 Å². The van der Waals surface area contributed by atoms with Crippen LogP contribution in [-0.2, 0) is 30.3 Å². The second-order valence-corrected chi connectivity index (χ2v) is 16.4. The molecule has 2 atom stereocenters. The highest BCUT2D eigenvalue weighted by molar-refractivity contribution is 5.87. The number of carbonyl (C=O) groups is 3. The number of amides is 1. The van der Waals surface area contributed by atoms with Crippen molar-refractivity contribution in [3.05, 3.63) is 18.2 Å². The van der Waals surface area contributed by atoms with Crippen molar-refractivity contribution in [1.82, 2.24) is 15.3 Å². The van der Waals surface area contributed by atoms with E-state index in [4.69, 9.17) is 15.2 Å². The summed E-state index contributed by atoms with van der Waals surface area (Å²) in [6.45, 7) is 5.22. The molecule has 4 N–H and O–H groups in total. The van der Waals surface area contributed by atoms with Crippen molar-refractivity contribution in [2.45, 2.75) is 251 Å². The van der Waals surface area contributed by atoms with Gasteiger partial charge in [0.2, 0.25) is 5.91 Å². The summed E-state index contributed by atoms with van der Waals surface area (Å²) in [5, 5.41) is 2.73. The Morgan fingerprint density at radius 3 is 1.33 bits per heavy atom. The van der Waals surface area contributed by atoms with E-state index in [-0.39, 0.29) is 37.6 Å². The molecule has 57 heavy (non-hydrogen) atoms. The summed E-state index contributed by atoms with van der Waals surface area (Å²) in [7, 11) is 0. The SMILES string of the molecule is CCCCCCCCCCCCCCCCCCOC(=O)CC[C@@H](NC(=O)[C@@H](N)Cc1ncc[nH]1)C(=O)OCCCCCCCCCCCCCCCCCC.[Cl-]. The van der Waals surface area contributed by atoms with Crippen LogP contribution in [0.25, 0.3) is 0 Å². The maximum absolute atomic E-state index is 13.1.